The van der Waals surface area contributed by atoms with E-state index in [1.807, 2.05) is 0 Å². The molecule has 15 heavy (non-hydrogen) atoms. The van der Waals surface area contributed by atoms with Crippen LogP contribution in [0.2, 0.25) is 0 Å². The Kier molecular flexibility index (Phi) is 10.4. The van der Waals surface area contributed by atoms with Gasteiger partial charge in [0, 0.05) is 6.04 Å². The van der Waals surface area contributed by atoms with Crippen LogP contribution in [-0.2, 0) is 0 Å². The fourth-order valence-corrected chi connectivity index (χ4v) is 1.65. The molecule has 0 amide bonds. The van der Waals surface area contributed by atoms with Crippen LogP contribution in [0.5, 0.6) is 0 Å². The summed E-state index contributed by atoms with van der Waals surface area (Å²) in [5.74, 6) is 0.666. The highest BCUT2D eigenvalue weighted by molar-refractivity contribution is 4.66. The number of unbranched alkanes of at least 4 members (excludes halogenated alkanes) is 4. The molecule has 0 saturated heterocycles. The Labute approximate surface area is 95.5 Å². The van der Waals surface area contributed by atoms with Gasteiger partial charge in [-0.3, -0.25) is 0 Å². The molecule has 2 nitrogen and oxygen atoms in total. The van der Waals surface area contributed by atoms with Gasteiger partial charge in [0.05, 0.1) is 6.61 Å². The maximum Gasteiger partial charge on any atom is 0.0584 e. The third-order valence-corrected chi connectivity index (χ3v) is 2.69. The van der Waals surface area contributed by atoms with E-state index in [0.29, 0.717) is 12.0 Å². The average Bonchev–Trinajstić information content (AvgIpc) is 2.22. The molecule has 0 bridgehead atoms. The second-order valence-corrected chi connectivity index (χ2v) is 4.88. The molecule has 0 aromatic rings. The van der Waals surface area contributed by atoms with Crippen LogP contribution < -0.4 is 5.32 Å². The molecule has 2 N–H and O–H groups in total. The molecular weight excluding hydrogens is 186 g/mol. The molecule has 0 heterocycles. The van der Waals surface area contributed by atoms with Gasteiger partial charge >= 0.3 is 0 Å². The van der Waals surface area contributed by atoms with E-state index in [2.05, 4.69) is 26.1 Å². The number of hydrogen-bond acceptors (Lipinski definition) is 2. The third-order valence-electron chi connectivity index (χ3n) is 2.69. The van der Waals surface area contributed by atoms with Gasteiger partial charge in [-0.2, -0.15) is 0 Å². The SMILES string of the molecule is CCCCCCCC(CO)NCC(C)C. The van der Waals surface area contributed by atoms with Crippen LogP contribution in [0.25, 0.3) is 0 Å². The summed E-state index contributed by atoms with van der Waals surface area (Å²) in [6.07, 6.45) is 7.67. The van der Waals surface area contributed by atoms with Gasteiger partial charge in [0.25, 0.3) is 0 Å². The van der Waals surface area contributed by atoms with Gasteiger partial charge in [-0.05, 0) is 18.9 Å². The zero-order chi connectivity index (χ0) is 11.5. The number of nitrogens with one attached hydrogen (secondary N) is 1. The van der Waals surface area contributed by atoms with E-state index < -0.39 is 0 Å². The average molecular weight is 215 g/mol. The minimum absolute atomic E-state index is 0.278. The van der Waals surface area contributed by atoms with Crippen LogP contribution >= 0.6 is 0 Å². The topological polar surface area (TPSA) is 32.3 Å². The highest BCUT2D eigenvalue weighted by Crippen LogP contribution is 2.07. The van der Waals surface area contributed by atoms with Crippen molar-refractivity contribution in [2.24, 2.45) is 5.92 Å². The lowest BCUT2D eigenvalue weighted by Crippen LogP contribution is -2.34. The van der Waals surface area contributed by atoms with Crippen molar-refractivity contribution in [1.82, 2.24) is 5.32 Å². The molecule has 0 fully saturated rings. The minimum atomic E-state index is 0.278. The summed E-state index contributed by atoms with van der Waals surface area (Å²) in [4.78, 5) is 0. The molecule has 0 aliphatic carbocycles. The zero-order valence-electron chi connectivity index (χ0n) is 10.8. The summed E-state index contributed by atoms with van der Waals surface area (Å²) < 4.78 is 0. The molecule has 0 aliphatic rings. The normalized spacial score (nSPS) is 13.4. The van der Waals surface area contributed by atoms with Gasteiger partial charge < -0.3 is 10.4 Å². The van der Waals surface area contributed by atoms with Crippen LogP contribution in [0, 0.1) is 5.92 Å². The van der Waals surface area contributed by atoms with E-state index >= 15 is 0 Å². The van der Waals surface area contributed by atoms with Crippen molar-refractivity contribution in [2.45, 2.75) is 65.3 Å². The van der Waals surface area contributed by atoms with Crippen LogP contribution in [0.1, 0.15) is 59.3 Å². The predicted molar refractivity (Wildman–Crippen MR) is 67.1 cm³/mol. The van der Waals surface area contributed by atoms with Gasteiger partial charge in [0.2, 0.25) is 0 Å². The largest absolute Gasteiger partial charge is 0.395 e. The molecule has 0 aromatic heterocycles. The fraction of sp³-hybridized carbons (Fsp3) is 1.00. The maximum atomic E-state index is 9.18. The lowest BCUT2D eigenvalue weighted by Gasteiger charge is -2.17. The van der Waals surface area contributed by atoms with E-state index in [1.165, 1.54) is 32.1 Å². The fourth-order valence-electron chi connectivity index (χ4n) is 1.65. The molecule has 92 valence electrons. The highest BCUT2D eigenvalue weighted by atomic mass is 16.3. The van der Waals surface area contributed by atoms with Crippen LogP contribution in [-0.4, -0.2) is 24.3 Å². The van der Waals surface area contributed by atoms with Crippen molar-refractivity contribution in [1.29, 1.82) is 0 Å². The second-order valence-electron chi connectivity index (χ2n) is 4.88. The van der Waals surface area contributed by atoms with Crippen molar-refractivity contribution >= 4 is 0 Å². The number of rotatable bonds is 10. The van der Waals surface area contributed by atoms with E-state index in [4.69, 9.17) is 0 Å². The Morgan fingerprint density at radius 1 is 1.07 bits per heavy atom. The van der Waals surface area contributed by atoms with E-state index in [1.54, 1.807) is 0 Å². The lowest BCUT2D eigenvalue weighted by atomic mass is 10.1. The van der Waals surface area contributed by atoms with E-state index in [-0.39, 0.29) is 6.61 Å². The maximum absolute atomic E-state index is 9.18. The first kappa shape index (κ1) is 14.9. The summed E-state index contributed by atoms with van der Waals surface area (Å²) in [6, 6.07) is 0.314. The Morgan fingerprint density at radius 3 is 2.27 bits per heavy atom. The monoisotopic (exact) mass is 215 g/mol. The van der Waals surface area contributed by atoms with Crippen LogP contribution in [0.4, 0.5) is 0 Å². The molecule has 1 atom stereocenters. The van der Waals surface area contributed by atoms with Crippen molar-refractivity contribution in [2.75, 3.05) is 13.2 Å². The Balaban J connectivity index is 3.36. The van der Waals surface area contributed by atoms with Crippen molar-refractivity contribution in [3.05, 3.63) is 0 Å². The van der Waals surface area contributed by atoms with Gasteiger partial charge in [-0.15, -0.1) is 0 Å². The first-order valence-corrected chi connectivity index (χ1v) is 6.55. The summed E-state index contributed by atoms with van der Waals surface area (Å²) in [6.45, 7) is 7.92. The molecule has 0 saturated carbocycles. The standard InChI is InChI=1S/C13H29NO/c1-4-5-6-7-8-9-13(11-15)14-10-12(2)3/h12-15H,4-11H2,1-3H3. The Morgan fingerprint density at radius 2 is 1.73 bits per heavy atom. The molecule has 2 heteroatoms. The van der Waals surface area contributed by atoms with Crippen molar-refractivity contribution < 1.29 is 5.11 Å². The molecule has 0 radical (unpaired) electrons. The highest BCUT2D eigenvalue weighted by Gasteiger charge is 2.06. The Bertz CT molecular complexity index is 126. The van der Waals surface area contributed by atoms with E-state index in [9.17, 15) is 5.11 Å². The predicted octanol–water partition coefficient (Wildman–Crippen LogP) is 2.95. The first-order chi connectivity index (χ1) is 7.20. The zero-order valence-corrected chi connectivity index (χ0v) is 10.8. The van der Waals surface area contributed by atoms with Crippen LogP contribution in [0.15, 0.2) is 0 Å². The van der Waals surface area contributed by atoms with Gasteiger partial charge in [-0.25, -0.2) is 0 Å². The lowest BCUT2D eigenvalue weighted by molar-refractivity contribution is 0.229. The molecular formula is C13H29NO. The summed E-state index contributed by atoms with van der Waals surface area (Å²) in [5, 5.41) is 12.6. The van der Waals surface area contributed by atoms with Crippen molar-refractivity contribution in [3.63, 3.8) is 0 Å². The number of aliphatic hydroxyl groups is 1. The second kappa shape index (κ2) is 10.4. The number of hydrogen-bond donors (Lipinski definition) is 2. The smallest absolute Gasteiger partial charge is 0.0584 e. The molecule has 0 spiro atoms. The Hall–Kier alpha value is -0.0800. The molecule has 1 unspecified atom stereocenters. The summed E-state index contributed by atoms with van der Waals surface area (Å²) >= 11 is 0. The van der Waals surface area contributed by atoms with Crippen LogP contribution in [0.3, 0.4) is 0 Å². The van der Waals surface area contributed by atoms with Gasteiger partial charge in [0.1, 0.15) is 0 Å². The molecule has 0 aliphatic heterocycles. The van der Waals surface area contributed by atoms with Crippen molar-refractivity contribution in [3.8, 4) is 0 Å². The van der Waals surface area contributed by atoms with E-state index in [0.717, 1.165) is 13.0 Å². The number of aliphatic hydroxyl groups excluding tert-OH is 1. The third kappa shape index (κ3) is 10.2. The summed E-state index contributed by atoms with van der Waals surface area (Å²) in [5.41, 5.74) is 0. The molecule has 0 aromatic carbocycles. The summed E-state index contributed by atoms with van der Waals surface area (Å²) in [7, 11) is 0. The minimum Gasteiger partial charge on any atom is -0.395 e. The molecule has 0 rings (SSSR count). The first-order valence-electron chi connectivity index (χ1n) is 6.55. The van der Waals surface area contributed by atoms with Gasteiger partial charge in [-0.1, -0.05) is 52.9 Å². The quantitative estimate of drug-likeness (QED) is 0.549. The van der Waals surface area contributed by atoms with Gasteiger partial charge in [0.15, 0.2) is 0 Å².